The van der Waals surface area contributed by atoms with Crippen molar-refractivity contribution in [2.24, 2.45) is 0 Å². The van der Waals surface area contributed by atoms with Gasteiger partial charge in [-0.25, -0.2) is 4.39 Å². The Morgan fingerprint density at radius 1 is 1.15 bits per heavy atom. The molecule has 2 rings (SSSR count). The third kappa shape index (κ3) is 2.72. The number of carbonyl (C=O) groups excluding carboxylic acids is 1. The van der Waals surface area contributed by atoms with E-state index in [0.717, 1.165) is 16.8 Å². The van der Waals surface area contributed by atoms with E-state index in [9.17, 15) is 9.18 Å². The Hall–Kier alpha value is -2.16. The first-order valence-electron chi connectivity index (χ1n) is 6.68. The van der Waals surface area contributed by atoms with Crippen LogP contribution in [0.4, 0.5) is 10.1 Å². The number of benzene rings is 2. The van der Waals surface area contributed by atoms with Crippen LogP contribution in [-0.4, -0.2) is 12.5 Å². The first kappa shape index (κ1) is 14.3. The smallest absolute Gasteiger partial charge is 0.261 e. The van der Waals surface area contributed by atoms with E-state index in [1.54, 1.807) is 17.0 Å². The maximum Gasteiger partial charge on any atom is 0.261 e. The molecule has 0 aliphatic rings. The summed E-state index contributed by atoms with van der Waals surface area (Å²) in [6.07, 6.45) is 0. The minimum atomic E-state index is -0.479. The molecule has 0 radical (unpaired) electrons. The number of halogens is 1. The number of carbonyl (C=O) groups is 1. The molecule has 1 amide bonds. The average Bonchev–Trinajstić information content (AvgIpc) is 2.44. The van der Waals surface area contributed by atoms with Crippen LogP contribution in [0.5, 0.6) is 0 Å². The van der Waals surface area contributed by atoms with Gasteiger partial charge in [-0.1, -0.05) is 29.8 Å². The van der Waals surface area contributed by atoms with Crippen LogP contribution >= 0.6 is 0 Å². The van der Waals surface area contributed by atoms with Gasteiger partial charge in [0.2, 0.25) is 0 Å². The Morgan fingerprint density at radius 3 is 2.50 bits per heavy atom. The van der Waals surface area contributed by atoms with E-state index in [2.05, 4.69) is 0 Å². The third-order valence-corrected chi connectivity index (χ3v) is 3.32. The number of rotatable bonds is 3. The van der Waals surface area contributed by atoms with Crippen molar-refractivity contribution in [1.82, 2.24) is 0 Å². The van der Waals surface area contributed by atoms with Gasteiger partial charge in [0.05, 0.1) is 5.56 Å². The largest absolute Gasteiger partial charge is 0.308 e. The highest BCUT2D eigenvalue weighted by atomic mass is 19.1. The fraction of sp³-hybridized carbons (Fsp3) is 0.235. The lowest BCUT2D eigenvalue weighted by molar-refractivity contribution is 0.0984. The zero-order chi connectivity index (χ0) is 14.7. The number of amides is 1. The number of anilines is 1. The Kier molecular flexibility index (Phi) is 4.18. The lowest BCUT2D eigenvalue weighted by Crippen LogP contribution is -2.32. The minimum Gasteiger partial charge on any atom is -0.308 e. The Morgan fingerprint density at radius 2 is 1.85 bits per heavy atom. The Bertz CT molecular complexity index is 637. The zero-order valence-corrected chi connectivity index (χ0v) is 12.0. The van der Waals surface area contributed by atoms with Gasteiger partial charge in [-0.3, -0.25) is 4.79 Å². The highest BCUT2D eigenvalue weighted by molar-refractivity contribution is 6.06. The van der Waals surface area contributed by atoms with Crippen molar-refractivity contribution in [3.63, 3.8) is 0 Å². The van der Waals surface area contributed by atoms with E-state index in [-0.39, 0.29) is 11.5 Å². The first-order chi connectivity index (χ1) is 9.54. The molecule has 2 aromatic rings. The molecule has 0 unspecified atom stereocenters. The molecule has 0 heterocycles. The van der Waals surface area contributed by atoms with Crippen LogP contribution in [-0.2, 0) is 0 Å². The molecular formula is C17H18FNO. The summed E-state index contributed by atoms with van der Waals surface area (Å²) in [5.41, 5.74) is 2.81. The number of hydrogen-bond donors (Lipinski definition) is 0. The second kappa shape index (κ2) is 5.87. The maximum absolute atomic E-state index is 13.9. The predicted octanol–water partition coefficient (Wildman–Crippen LogP) is 4.11. The topological polar surface area (TPSA) is 20.3 Å². The second-order valence-corrected chi connectivity index (χ2v) is 4.82. The molecule has 0 aromatic heterocycles. The van der Waals surface area contributed by atoms with Crippen molar-refractivity contribution >= 4 is 11.6 Å². The summed E-state index contributed by atoms with van der Waals surface area (Å²) in [5, 5.41) is 0. The van der Waals surface area contributed by atoms with Gasteiger partial charge in [-0.05, 0) is 44.5 Å². The molecule has 2 nitrogen and oxygen atoms in total. The molecule has 2 aromatic carbocycles. The van der Waals surface area contributed by atoms with E-state index in [0.29, 0.717) is 6.54 Å². The molecule has 0 saturated heterocycles. The standard InChI is InChI=1S/C17H18FNO/c1-4-19(16-8-6-5-7-13(16)3)17(20)14-11-12(2)9-10-15(14)18/h5-11H,4H2,1-3H3. The first-order valence-corrected chi connectivity index (χ1v) is 6.68. The minimum absolute atomic E-state index is 0.120. The molecule has 0 atom stereocenters. The normalized spacial score (nSPS) is 10.4. The van der Waals surface area contributed by atoms with Gasteiger partial charge in [0, 0.05) is 12.2 Å². The third-order valence-electron chi connectivity index (χ3n) is 3.32. The zero-order valence-electron chi connectivity index (χ0n) is 12.0. The summed E-state index contributed by atoms with van der Waals surface area (Å²) < 4.78 is 13.9. The van der Waals surface area contributed by atoms with Crippen molar-refractivity contribution in [2.45, 2.75) is 20.8 Å². The molecule has 3 heteroatoms. The maximum atomic E-state index is 13.9. The molecule has 0 aliphatic carbocycles. The van der Waals surface area contributed by atoms with Crippen LogP contribution in [0.2, 0.25) is 0 Å². The highest BCUT2D eigenvalue weighted by Gasteiger charge is 2.20. The van der Waals surface area contributed by atoms with Gasteiger partial charge in [-0.15, -0.1) is 0 Å². The second-order valence-electron chi connectivity index (χ2n) is 4.82. The lowest BCUT2D eigenvalue weighted by Gasteiger charge is -2.23. The van der Waals surface area contributed by atoms with Gasteiger partial charge < -0.3 is 4.90 Å². The van der Waals surface area contributed by atoms with Crippen molar-refractivity contribution in [1.29, 1.82) is 0 Å². The van der Waals surface area contributed by atoms with Gasteiger partial charge in [0.25, 0.3) is 5.91 Å². The van der Waals surface area contributed by atoms with E-state index < -0.39 is 5.82 Å². The molecule has 0 spiro atoms. The van der Waals surface area contributed by atoms with Crippen molar-refractivity contribution < 1.29 is 9.18 Å². The summed E-state index contributed by atoms with van der Waals surface area (Å²) in [6, 6.07) is 12.2. The molecule has 20 heavy (non-hydrogen) atoms. The average molecular weight is 271 g/mol. The monoisotopic (exact) mass is 271 g/mol. The van der Waals surface area contributed by atoms with E-state index in [1.165, 1.54) is 6.07 Å². The van der Waals surface area contributed by atoms with Crippen LogP contribution in [0.1, 0.15) is 28.4 Å². The summed E-state index contributed by atoms with van der Waals surface area (Å²) in [5.74, 6) is -0.782. The van der Waals surface area contributed by atoms with E-state index in [1.807, 2.05) is 45.0 Å². The van der Waals surface area contributed by atoms with Crippen LogP contribution in [0.25, 0.3) is 0 Å². The van der Waals surface area contributed by atoms with Crippen LogP contribution < -0.4 is 4.90 Å². The summed E-state index contributed by atoms with van der Waals surface area (Å²) in [4.78, 5) is 14.2. The fourth-order valence-electron chi connectivity index (χ4n) is 2.24. The predicted molar refractivity (Wildman–Crippen MR) is 79.7 cm³/mol. The van der Waals surface area contributed by atoms with Crippen LogP contribution in [0.15, 0.2) is 42.5 Å². The van der Waals surface area contributed by atoms with Gasteiger partial charge >= 0.3 is 0 Å². The van der Waals surface area contributed by atoms with E-state index >= 15 is 0 Å². The number of hydrogen-bond acceptors (Lipinski definition) is 1. The summed E-state index contributed by atoms with van der Waals surface area (Å²) in [6.45, 7) is 6.17. The molecule has 104 valence electrons. The molecule has 0 fully saturated rings. The lowest BCUT2D eigenvalue weighted by atomic mass is 10.1. The molecular weight excluding hydrogens is 253 g/mol. The number of nitrogens with zero attached hydrogens (tertiary/aromatic N) is 1. The SMILES string of the molecule is CCN(C(=O)c1cc(C)ccc1F)c1ccccc1C. The Balaban J connectivity index is 2.45. The van der Waals surface area contributed by atoms with Gasteiger partial charge in [0.1, 0.15) is 5.82 Å². The molecule has 0 saturated carbocycles. The van der Waals surface area contributed by atoms with Crippen LogP contribution in [0.3, 0.4) is 0 Å². The van der Waals surface area contributed by atoms with Crippen molar-refractivity contribution in [3.8, 4) is 0 Å². The Labute approximate surface area is 118 Å². The molecule has 0 N–H and O–H groups in total. The summed E-state index contributed by atoms with van der Waals surface area (Å²) in [7, 11) is 0. The van der Waals surface area contributed by atoms with Crippen molar-refractivity contribution in [3.05, 3.63) is 65.0 Å². The molecule has 0 aliphatic heterocycles. The highest BCUT2D eigenvalue weighted by Crippen LogP contribution is 2.22. The quantitative estimate of drug-likeness (QED) is 0.822. The number of para-hydroxylation sites is 1. The van der Waals surface area contributed by atoms with Gasteiger partial charge in [-0.2, -0.15) is 0 Å². The summed E-state index contributed by atoms with van der Waals surface area (Å²) >= 11 is 0. The van der Waals surface area contributed by atoms with E-state index in [4.69, 9.17) is 0 Å². The van der Waals surface area contributed by atoms with Crippen molar-refractivity contribution in [2.75, 3.05) is 11.4 Å². The fourth-order valence-corrected chi connectivity index (χ4v) is 2.24. The van der Waals surface area contributed by atoms with Crippen LogP contribution in [0, 0.1) is 19.7 Å². The number of aryl methyl sites for hydroxylation is 2. The van der Waals surface area contributed by atoms with Gasteiger partial charge in [0.15, 0.2) is 0 Å². The molecule has 0 bridgehead atoms.